The number of hydrogen-bond acceptors (Lipinski definition) is 4. The Labute approximate surface area is 136 Å². The van der Waals surface area contributed by atoms with Gasteiger partial charge in [0.15, 0.2) is 0 Å². The summed E-state index contributed by atoms with van der Waals surface area (Å²) in [6, 6.07) is 8.33. The van der Waals surface area contributed by atoms with Gasteiger partial charge in [-0.15, -0.1) is 0 Å². The van der Waals surface area contributed by atoms with Crippen molar-refractivity contribution in [3.8, 4) is 0 Å². The lowest BCUT2D eigenvalue weighted by molar-refractivity contribution is -0.122. The molecule has 0 spiro atoms. The molecule has 1 aliphatic carbocycles. The zero-order valence-electron chi connectivity index (χ0n) is 13.4. The molecule has 122 valence electrons. The molecule has 0 saturated heterocycles. The zero-order valence-corrected chi connectivity index (χ0v) is 13.4. The highest BCUT2D eigenvalue weighted by Gasteiger charge is 2.15. The third-order valence-corrected chi connectivity index (χ3v) is 4.39. The number of benzene rings is 1. The van der Waals surface area contributed by atoms with Crippen molar-refractivity contribution in [2.45, 2.75) is 51.0 Å². The van der Waals surface area contributed by atoms with Crippen molar-refractivity contribution in [2.75, 3.05) is 11.9 Å². The molecule has 0 unspecified atom stereocenters. The minimum Gasteiger partial charge on any atom is -0.369 e. The topological polar surface area (TPSA) is 66.9 Å². The van der Waals surface area contributed by atoms with Crippen molar-refractivity contribution in [2.24, 2.45) is 0 Å². The van der Waals surface area contributed by atoms with E-state index < -0.39 is 0 Å². The van der Waals surface area contributed by atoms with Gasteiger partial charge in [0.2, 0.25) is 5.91 Å². The summed E-state index contributed by atoms with van der Waals surface area (Å²) in [5, 5.41) is 7.49. The Morgan fingerprint density at radius 2 is 1.96 bits per heavy atom. The van der Waals surface area contributed by atoms with Crippen LogP contribution in [-0.4, -0.2) is 28.5 Å². The standard InChI is InChI=1S/C18H24N4O/c23-17(22-14-7-2-1-3-8-14)11-6-12-19-18-15-9-4-5-10-16(15)20-13-21-18/h4-5,9-10,13-14H,1-3,6-8,11-12H2,(H,22,23)(H,19,20,21). The lowest BCUT2D eigenvalue weighted by Gasteiger charge is -2.22. The fourth-order valence-corrected chi connectivity index (χ4v) is 3.15. The molecule has 0 bridgehead atoms. The van der Waals surface area contributed by atoms with Crippen LogP contribution in [0.4, 0.5) is 5.82 Å². The Morgan fingerprint density at radius 1 is 1.13 bits per heavy atom. The van der Waals surface area contributed by atoms with Gasteiger partial charge in [0, 0.05) is 24.4 Å². The highest BCUT2D eigenvalue weighted by molar-refractivity contribution is 5.88. The maximum atomic E-state index is 12.0. The van der Waals surface area contributed by atoms with Crippen LogP contribution in [0.25, 0.3) is 10.9 Å². The first-order chi connectivity index (χ1) is 11.3. The second-order valence-corrected chi connectivity index (χ2v) is 6.17. The molecular formula is C18H24N4O. The molecular weight excluding hydrogens is 288 g/mol. The third-order valence-electron chi connectivity index (χ3n) is 4.39. The predicted octanol–water partition coefficient (Wildman–Crippen LogP) is 3.27. The summed E-state index contributed by atoms with van der Waals surface area (Å²) in [7, 11) is 0. The largest absolute Gasteiger partial charge is 0.369 e. The first-order valence-corrected chi connectivity index (χ1v) is 8.56. The van der Waals surface area contributed by atoms with Gasteiger partial charge < -0.3 is 10.6 Å². The molecule has 1 aliphatic rings. The number of hydrogen-bond donors (Lipinski definition) is 2. The molecule has 1 aromatic heterocycles. The Kier molecular flexibility index (Phi) is 5.40. The maximum Gasteiger partial charge on any atom is 0.220 e. The van der Waals surface area contributed by atoms with E-state index in [4.69, 9.17) is 0 Å². The van der Waals surface area contributed by atoms with E-state index in [1.807, 2.05) is 24.3 Å². The van der Waals surface area contributed by atoms with Crippen LogP contribution >= 0.6 is 0 Å². The highest BCUT2D eigenvalue weighted by Crippen LogP contribution is 2.19. The maximum absolute atomic E-state index is 12.0. The fourth-order valence-electron chi connectivity index (χ4n) is 3.15. The van der Waals surface area contributed by atoms with Crippen LogP contribution in [-0.2, 0) is 4.79 Å². The van der Waals surface area contributed by atoms with Crippen LogP contribution in [0.3, 0.4) is 0 Å². The van der Waals surface area contributed by atoms with Gasteiger partial charge in [-0.05, 0) is 31.4 Å². The Balaban J connectivity index is 1.43. The van der Waals surface area contributed by atoms with Gasteiger partial charge in [-0.25, -0.2) is 9.97 Å². The lowest BCUT2D eigenvalue weighted by Crippen LogP contribution is -2.36. The average Bonchev–Trinajstić information content (AvgIpc) is 2.60. The van der Waals surface area contributed by atoms with Crippen LogP contribution < -0.4 is 10.6 Å². The van der Waals surface area contributed by atoms with Gasteiger partial charge >= 0.3 is 0 Å². The summed E-state index contributed by atoms with van der Waals surface area (Å²) in [6.45, 7) is 0.735. The van der Waals surface area contributed by atoms with Crippen LogP contribution in [0.15, 0.2) is 30.6 Å². The minimum atomic E-state index is 0.172. The van der Waals surface area contributed by atoms with Crippen molar-refractivity contribution in [1.82, 2.24) is 15.3 Å². The predicted molar refractivity (Wildman–Crippen MR) is 92.3 cm³/mol. The molecule has 5 heteroatoms. The van der Waals surface area contributed by atoms with E-state index in [-0.39, 0.29) is 5.91 Å². The number of rotatable bonds is 6. The number of fused-ring (bicyclic) bond motifs is 1. The van der Waals surface area contributed by atoms with Gasteiger partial charge in [-0.2, -0.15) is 0 Å². The zero-order chi connectivity index (χ0) is 15.9. The summed E-state index contributed by atoms with van der Waals surface area (Å²) in [6.07, 6.45) is 9.00. The Bertz CT molecular complexity index is 647. The summed E-state index contributed by atoms with van der Waals surface area (Å²) in [5.41, 5.74) is 0.931. The smallest absolute Gasteiger partial charge is 0.220 e. The number of nitrogens with zero attached hydrogens (tertiary/aromatic N) is 2. The number of aromatic nitrogens is 2. The van der Waals surface area contributed by atoms with Gasteiger partial charge in [-0.3, -0.25) is 4.79 Å². The SMILES string of the molecule is O=C(CCCNc1ncnc2ccccc12)NC1CCCCC1. The molecule has 1 amide bonds. The van der Waals surface area contributed by atoms with Crippen LogP contribution in [0.5, 0.6) is 0 Å². The summed E-state index contributed by atoms with van der Waals surface area (Å²) in [5.74, 6) is 1.01. The average molecular weight is 312 g/mol. The number of para-hydroxylation sites is 1. The third kappa shape index (κ3) is 4.41. The van der Waals surface area contributed by atoms with Crippen molar-refractivity contribution < 1.29 is 4.79 Å². The molecule has 2 aromatic rings. The van der Waals surface area contributed by atoms with Crippen molar-refractivity contribution >= 4 is 22.6 Å². The molecule has 23 heavy (non-hydrogen) atoms. The Hall–Kier alpha value is -2.17. The van der Waals surface area contributed by atoms with E-state index in [2.05, 4.69) is 20.6 Å². The quantitative estimate of drug-likeness (QED) is 0.803. The highest BCUT2D eigenvalue weighted by atomic mass is 16.1. The fraction of sp³-hybridized carbons (Fsp3) is 0.500. The minimum absolute atomic E-state index is 0.172. The summed E-state index contributed by atoms with van der Waals surface area (Å²) < 4.78 is 0. The first kappa shape index (κ1) is 15.7. The number of amides is 1. The van der Waals surface area contributed by atoms with E-state index in [1.165, 1.54) is 19.3 Å². The summed E-state index contributed by atoms with van der Waals surface area (Å²) in [4.78, 5) is 20.5. The van der Waals surface area contributed by atoms with Crippen LogP contribution in [0.1, 0.15) is 44.9 Å². The van der Waals surface area contributed by atoms with Crippen LogP contribution in [0.2, 0.25) is 0 Å². The molecule has 2 N–H and O–H groups in total. The monoisotopic (exact) mass is 312 g/mol. The van der Waals surface area contributed by atoms with Crippen molar-refractivity contribution in [3.05, 3.63) is 30.6 Å². The molecule has 3 rings (SSSR count). The first-order valence-electron chi connectivity index (χ1n) is 8.56. The van der Waals surface area contributed by atoms with Crippen molar-refractivity contribution in [1.29, 1.82) is 0 Å². The van der Waals surface area contributed by atoms with E-state index in [0.717, 1.165) is 42.5 Å². The molecule has 1 fully saturated rings. The second-order valence-electron chi connectivity index (χ2n) is 6.17. The van der Waals surface area contributed by atoms with Gasteiger partial charge in [0.25, 0.3) is 0 Å². The lowest BCUT2D eigenvalue weighted by atomic mass is 9.95. The van der Waals surface area contributed by atoms with Crippen molar-refractivity contribution in [3.63, 3.8) is 0 Å². The van der Waals surface area contributed by atoms with Gasteiger partial charge in [0.05, 0.1) is 5.52 Å². The normalized spacial score (nSPS) is 15.5. The number of anilines is 1. The molecule has 1 aromatic carbocycles. The molecule has 0 atom stereocenters. The van der Waals surface area contributed by atoms with E-state index >= 15 is 0 Å². The number of nitrogens with one attached hydrogen (secondary N) is 2. The van der Waals surface area contributed by atoms with E-state index in [0.29, 0.717) is 12.5 Å². The molecule has 5 nitrogen and oxygen atoms in total. The van der Waals surface area contributed by atoms with Gasteiger partial charge in [-0.1, -0.05) is 31.4 Å². The second kappa shape index (κ2) is 7.90. The van der Waals surface area contributed by atoms with Crippen LogP contribution in [0, 0.1) is 0 Å². The molecule has 0 radical (unpaired) electrons. The number of carbonyl (C=O) groups is 1. The van der Waals surface area contributed by atoms with Gasteiger partial charge in [0.1, 0.15) is 12.1 Å². The number of carbonyl (C=O) groups excluding carboxylic acids is 1. The van der Waals surface area contributed by atoms with E-state index in [9.17, 15) is 4.79 Å². The molecule has 0 aliphatic heterocycles. The Morgan fingerprint density at radius 3 is 2.83 bits per heavy atom. The summed E-state index contributed by atoms with van der Waals surface area (Å²) >= 11 is 0. The molecule has 1 heterocycles. The van der Waals surface area contributed by atoms with E-state index in [1.54, 1.807) is 6.33 Å². The molecule has 1 saturated carbocycles.